The number of carbonyl (C=O) groups excluding carboxylic acids is 2. The third-order valence-electron chi connectivity index (χ3n) is 5.12. The van der Waals surface area contributed by atoms with E-state index in [9.17, 15) is 14.4 Å². The number of hydrogen-bond acceptors (Lipinski definition) is 4. The molecule has 158 valence electrons. The van der Waals surface area contributed by atoms with Gasteiger partial charge in [0.1, 0.15) is 5.75 Å². The molecule has 0 aromatic heterocycles. The zero-order chi connectivity index (χ0) is 21.7. The van der Waals surface area contributed by atoms with Gasteiger partial charge in [-0.2, -0.15) is 0 Å². The zero-order valence-electron chi connectivity index (χ0n) is 17.1. The van der Waals surface area contributed by atoms with Crippen LogP contribution in [-0.4, -0.2) is 36.0 Å². The van der Waals surface area contributed by atoms with Gasteiger partial charge in [-0.3, -0.25) is 9.59 Å². The molecule has 1 atom stereocenters. The van der Waals surface area contributed by atoms with Gasteiger partial charge >= 0.3 is 5.97 Å². The number of nitrogens with one attached hydrogen (secondary N) is 1. The van der Waals surface area contributed by atoms with Crippen LogP contribution >= 0.6 is 0 Å². The second-order valence-corrected chi connectivity index (χ2v) is 7.70. The first-order chi connectivity index (χ1) is 14.3. The van der Waals surface area contributed by atoms with Crippen LogP contribution in [0.25, 0.3) is 0 Å². The average molecular weight is 410 g/mol. The predicted octanol–water partition coefficient (Wildman–Crippen LogP) is 2.94. The Labute approximate surface area is 175 Å². The van der Waals surface area contributed by atoms with Crippen molar-refractivity contribution in [1.29, 1.82) is 0 Å². The first-order valence-electron chi connectivity index (χ1n) is 9.95. The fourth-order valence-electron chi connectivity index (χ4n) is 3.35. The van der Waals surface area contributed by atoms with Crippen LogP contribution in [0, 0.1) is 5.92 Å². The minimum atomic E-state index is -1.06. The number of ether oxygens (including phenoxy) is 1. The summed E-state index contributed by atoms with van der Waals surface area (Å²) in [6, 6.07) is 14.7. The molecule has 1 aliphatic heterocycles. The molecule has 2 amide bonds. The van der Waals surface area contributed by atoms with Gasteiger partial charge < -0.3 is 20.1 Å². The summed E-state index contributed by atoms with van der Waals surface area (Å²) < 4.78 is 5.10. The summed E-state index contributed by atoms with van der Waals surface area (Å²) in [5, 5.41) is 11.6. The summed E-state index contributed by atoms with van der Waals surface area (Å²) in [6.07, 6.45) is 0.162. The van der Waals surface area contributed by atoms with E-state index in [2.05, 4.69) is 31.3 Å². The molecular weight excluding hydrogens is 384 g/mol. The van der Waals surface area contributed by atoms with E-state index in [1.807, 2.05) is 12.1 Å². The highest BCUT2D eigenvalue weighted by atomic mass is 16.5. The summed E-state index contributed by atoms with van der Waals surface area (Å²) >= 11 is 0. The van der Waals surface area contributed by atoms with Gasteiger partial charge in [-0.25, -0.2) is 4.79 Å². The van der Waals surface area contributed by atoms with Crippen LogP contribution < -0.4 is 15.0 Å². The Hall–Kier alpha value is -3.35. The van der Waals surface area contributed by atoms with Crippen LogP contribution in [0.4, 0.5) is 5.69 Å². The molecular formula is C23H26N2O5. The van der Waals surface area contributed by atoms with Crippen molar-refractivity contribution in [2.24, 2.45) is 5.92 Å². The molecule has 1 saturated heterocycles. The molecule has 0 saturated carbocycles. The molecule has 0 radical (unpaired) electrons. The number of carboxylic acid groups (broad SMARTS) is 1. The Balaban J connectivity index is 1.54. The second kappa shape index (κ2) is 9.43. The van der Waals surface area contributed by atoms with E-state index >= 15 is 0 Å². The van der Waals surface area contributed by atoms with Crippen molar-refractivity contribution in [3.63, 3.8) is 0 Å². The van der Waals surface area contributed by atoms with Crippen LogP contribution in [0.3, 0.4) is 0 Å². The number of aliphatic carboxylic acids is 1. The van der Waals surface area contributed by atoms with Gasteiger partial charge in [0.15, 0.2) is 6.61 Å². The molecule has 2 N–H and O–H groups in total. The van der Waals surface area contributed by atoms with E-state index in [-0.39, 0.29) is 18.2 Å². The molecule has 0 aliphatic carbocycles. The molecule has 3 rings (SSSR count). The van der Waals surface area contributed by atoms with Crippen molar-refractivity contribution in [2.45, 2.75) is 32.7 Å². The number of hydrogen-bond donors (Lipinski definition) is 2. The van der Waals surface area contributed by atoms with Crippen LogP contribution in [-0.2, 0) is 20.9 Å². The number of anilines is 1. The highest BCUT2D eigenvalue weighted by Gasteiger charge is 2.35. The molecule has 2 aromatic carbocycles. The summed E-state index contributed by atoms with van der Waals surface area (Å²) in [7, 11) is 0. The molecule has 7 nitrogen and oxygen atoms in total. The van der Waals surface area contributed by atoms with Gasteiger partial charge in [0.2, 0.25) is 11.8 Å². The zero-order valence-corrected chi connectivity index (χ0v) is 17.1. The minimum absolute atomic E-state index is 0.115. The Bertz CT molecular complexity index is 906. The monoisotopic (exact) mass is 410 g/mol. The van der Waals surface area contributed by atoms with Crippen molar-refractivity contribution in [1.82, 2.24) is 5.32 Å². The fourth-order valence-corrected chi connectivity index (χ4v) is 3.35. The summed E-state index contributed by atoms with van der Waals surface area (Å²) in [6.45, 7) is 4.58. The number of amides is 2. The lowest BCUT2D eigenvalue weighted by molar-refractivity contribution is -0.139. The Morgan fingerprint density at radius 1 is 1.13 bits per heavy atom. The van der Waals surface area contributed by atoms with Gasteiger partial charge in [0.25, 0.3) is 0 Å². The van der Waals surface area contributed by atoms with Gasteiger partial charge in [-0.15, -0.1) is 0 Å². The lowest BCUT2D eigenvalue weighted by Crippen LogP contribution is -2.32. The topological polar surface area (TPSA) is 95.9 Å². The third kappa shape index (κ3) is 5.37. The fraction of sp³-hybridized carbons (Fsp3) is 0.348. The average Bonchev–Trinajstić information content (AvgIpc) is 3.13. The van der Waals surface area contributed by atoms with Crippen molar-refractivity contribution in [3.8, 4) is 5.75 Å². The smallest absolute Gasteiger partial charge is 0.341 e. The van der Waals surface area contributed by atoms with Crippen LogP contribution in [0.5, 0.6) is 5.75 Å². The van der Waals surface area contributed by atoms with Crippen LogP contribution in [0.1, 0.15) is 37.3 Å². The maximum absolute atomic E-state index is 12.6. The summed E-state index contributed by atoms with van der Waals surface area (Å²) in [5.74, 6) is -0.850. The van der Waals surface area contributed by atoms with E-state index in [1.54, 1.807) is 29.2 Å². The molecule has 0 bridgehead atoms. The number of rotatable bonds is 8. The number of nitrogens with zero attached hydrogens (tertiary/aromatic N) is 1. The molecule has 7 heteroatoms. The van der Waals surface area contributed by atoms with E-state index < -0.39 is 18.5 Å². The summed E-state index contributed by atoms with van der Waals surface area (Å²) in [4.78, 5) is 37.1. The van der Waals surface area contributed by atoms with E-state index in [4.69, 9.17) is 9.84 Å². The maximum atomic E-state index is 12.6. The van der Waals surface area contributed by atoms with Gasteiger partial charge in [0.05, 0.1) is 5.92 Å². The Morgan fingerprint density at radius 3 is 2.40 bits per heavy atom. The van der Waals surface area contributed by atoms with Gasteiger partial charge in [-0.1, -0.05) is 38.1 Å². The standard InChI is InChI=1S/C23H26N2O5/c1-15(2)17-5-3-16(4-6-17)12-24-23(29)18-11-21(26)25(13-18)19-7-9-20(10-8-19)30-14-22(27)28/h3-10,15,18H,11-14H2,1-2H3,(H,24,29)(H,27,28). The Kier molecular flexibility index (Phi) is 6.72. The predicted molar refractivity (Wildman–Crippen MR) is 112 cm³/mol. The highest BCUT2D eigenvalue weighted by molar-refractivity contribution is 6.00. The lowest BCUT2D eigenvalue weighted by Gasteiger charge is -2.17. The molecule has 1 heterocycles. The molecule has 2 aromatic rings. The first kappa shape index (κ1) is 21.4. The van der Waals surface area contributed by atoms with E-state index in [0.717, 1.165) is 5.56 Å². The van der Waals surface area contributed by atoms with Crippen molar-refractivity contribution in [3.05, 3.63) is 59.7 Å². The van der Waals surface area contributed by atoms with Crippen molar-refractivity contribution < 1.29 is 24.2 Å². The normalized spacial score (nSPS) is 16.0. The SMILES string of the molecule is CC(C)c1ccc(CNC(=O)C2CC(=O)N(c3ccc(OCC(=O)O)cc3)C2)cc1. The second-order valence-electron chi connectivity index (χ2n) is 7.70. The molecule has 0 spiro atoms. The van der Waals surface area contributed by atoms with E-state index in [1.165, 1.54) is 5.56 Å². The number of benzene rings is 2. The summed E-state index contributed by atoms with van der Waals surface area (Å²) in [5.41, 5.74) is 2.93. The molecule has 30 heavy (non-hydrogen) atoms. The van der Waals surface area contributed by atoms with Crippen molar-refractivity contribution in [2.75, 3.05) is 18.1 Å². The highest BCUT2D eigenvalue weighted by Crippen LogP contribution is 2.27. The number of carbonyl (C=O) groups is 3. The quantitative estimate of drug-likeness (QED) is 0.698. The lowest BCUT2D eigenvalue weighted by atomic mass is 10.0. The Morgan fingerprint density at radius 2 is 1.80 bits per heavy atom. The van der Waals surface area contributed by atoms with E-state index in [0.29, 0.717) is 30.4 Å². The molecule has 1 fully saturated rings. The third-order valence-corrected chi connectivity index (χ3v) is 5.12. The first-order valence-corrected chi connectivity index (χ1v) is 9.95. The van der Waals surface area contributed by atoms with Crippen LogP contribution in [0.15, 0.2) is 48.5 Å². The van der Waals surface area contributed by atoms with Gasteiger partial charge in [0, 0.05) is 25.2 Å². The number of carboxylic acids is 1. The minimum Gasteiger partial charge on any atom is -0.482 e. The molecule has 1 aliphatic rings. The molecule has 1 unspecified atom stereocenters. The van der Waals surface area contributed by atoms with Crippen LogP contribution in [0.2, 0.25) is 0 Å². The van der Waals surface area contributed by atoms with Gasteiger partial charge in [-0.05, 0) is 41.3 Å². The van der Waals surface area contributed by atoms with Crippen molar-refractivity contribution >= 4 is 23.5 Å². The maximum Gasteiger partial charge on any atom is 0.341 e. The largest absolute Gasteiger partial charge is 0.482 e.